The van der Waals surface area contributed by atoms with Crippen LogP contribution in [0.25, 0.3) is 0 Å². The molecule has 4 rings (SSSR count). The van der Waals surface area contributed by atoms with Gasteiger partial charge in [-0.2, -0.15) is 5.10 Å². The van der Waals surface area contributed by atoms with Gasteiger partial charge < -0.3 is 4.90 Å². The Bertz CT molecular complexity index is 689. The fourth-order valence-corrected chi connectivity index (χ4v) is 3.91. The highest BCUT2D eigenvalue weighted by molar-refractivity contribution is 5.78. The van der Waals surface area contributed by atoms with Gasteiger partial charge in [-0.3, -0.25) is 14.8 Å². The minimum absolute atomic E-state index is 0.270. The van der Waals surface area contributed by atoms with Crippen LogP contribution in [-0.2, 0) is 17.8 Å². The van der Waals surface area contributed by atoms with Gasteiger partial charge in [-0.05, 0) is 55.0 Å². The van der Waals surface area contributed by atoms with Gasteiger partial charge in [0.1, 0.15) is 0 Å². The second-order valence-corrected chi connectivity index (χ2v) is 6.92. The first-order chi connectivity index (χ1) is 11.8. The molecule has 126 valence electrons. The molecule has 1 fully saturated rings. The molecule has 1 aromatic heterocycles. The Balaban J connectivity index is 1.30. The first-order valence-corrected chi connectivity index (χ1v) is 8.85. The third-order valence-corrected chi connectivity index (χ3v) is 5.42. The van der Waals surface area contributed by atoms with Gasteiger partial charge in [0.05, 0.1) is 12.7 Å². The van der Waals surface area contributed by atoms with Gasteiger partial charge >= 0.3 is 0 Å². The SMILES string of the molecule is O=C(CN1CCC(c2cn[nH]c2)CC1)N1CCc2ccccc2C1. The number of hydrogen-bond donors (Lipinski definition) is 1. The number of fused-ring (bicyclic) bond motifs is 1. The van der Waals surface area contributed by atoms with Crippen LogP contribution in [0.4, 0.5) is 0 Å². The molecule has 2 aromatic rings. The zero-order valence-electron chi connectivity index (χ0n) is 13.9. The summed E-state index contributed by atoms with van der Waals surface area (Å²) in [6.07, 6.45) is 7.11. The fourth-order valence-electron chi connectivity index (χ4n) is 3.91. The number of benzene rings is 1. The second-order valence-electron chi connectivity index (χ2n) is 6.92. The van der Waals surface area contributed by atoms with E-state index < -0.39 is 0 Å². The van der Waals surface area contributed by atoms with Crippen LogP contribution < -0.4 is 0 Å². The van der Waals surface area contributed by atoms with Crippen LogP contribution in [-0.4, -0.2) is 52.1 Å². The van der Waals surface area contributed by atoms with E-state index in [1.54, 1.807) is 0 Å². The zero-order chi connectivity index (χ0) is 16.4. The van der Waals surface area contributed by atoms with Crippen molar-refractivity contribution in [1.29, 1.82) is 0 Å². The molecule has 2 aliphatic rings. The Morgan fingerprint density at radius 1 is 1.17 bits per heavy atom. The Labute approximate surface area is 142 Å². The topological polar surface area (TPSA) is 52.2 Å². The maximum absolute atomic E-state index is 12.7. The van der Waals surface area contributed by atoms with Crippen molar-refractivity contribution in [1.82, 2.24) is 20.0 Å². The molecule has 0 spiro atoms. The summed E-state index contributed by atoms with van der Waals surface area (Å²) in [5.74, 6) is 0.850. The highest BCUT2D eigenvalue weighted by atomic mass is 16.2. The molecule has 0 atom stereocenters. The first kappa shape index (κ1) is 15.4. The molecule has 0 bridgehead atoms. The van der Waals surface area contributed by atoms with Crippen molar-refractivity contribution in [2.45, 2.75) is 31.7 Å². The molecule has 1 saturated heterocycles. The number of piperidine rings is 1. The maximum Gasteiger partial charge on any atom is 0.237 e. The fraction of sp³-hybridized carbons (Fsp3) is 0.474. The Hall–Kier alpha value is -2.14. The van der Waals surface area contributed by atoms with E-state index in [4.69, 9.17) is 0 Å². The van der Waals surface area contributed by atoms with Gasteiger partial charge in [-0.25, -0.2) is 0 Å². The van der Waals surface area contributed by atoms with Gasteiger partial charge in [0.25, 0.3) is 0 Å². The number of carbonyl (C=O) groups excluding carboxylic acids is 1. The lowest BCUT2D eigenvalue weighted by molar-refractivity contribution is -0.133. The first-order valence-electron chi connectivity index (χ1n) is 8.85. The van der Waals surface area contributed by atoms with Crippen LogP contribution in [0.5, 0.6) is 0 Å². The van der Waals surface area contributed by atoms with Crippen LogP contribution in [0, 0.1) is 0 Å². The number of likely N-dealkylation sites (tertiary alicyclic amines) is 1. The molecule has 3 heterocycles. The van der Waals surface area contributed by atoms with Gasteiger partial charge in [-0.1, -0.05) is 24.3 Å². The van der Waals surface area contributed by atoms with E-state index in [1.165, 1.54) is 16.7 Å². The molecule has 5 heteroatoms. The summed E-state index contributed by atoms with van der Waals surface area (Å²) in [5, 5.41) is 6.94. The molecule has 0 saturated carbocycles. The molecule has 24 heavy (non-hydrogen) atoms. The monoisotopic (exact) mass is 324 g/mol. The largest absolute Gasteiger partial charge is 0.337 e. The smallest absolute Gasteiger partial charge is 0.237 e. The number of carbonyl (C=O) groups is 1. The van der Waals surface area contributed by atoms with E-state index >= 15 is 0 Å². The number of aromatic nitrogens is 2. The van der Waals surface area contributed by atoms with E-state index in [-0.39, 0.29) is 5.91 Å². The zero-order valence-corrected chi connectivity index (χ0v) is 13.9. The molecule has 0 unspecified atom stereocenters. The maximum atomic E-state index is 12.7. The molecule has 0 radical (unpaired) electrons. The van der Waals surface area contributed by atoms with E-state index in [0.717, 1.165) is 45.4 Å². The van der Waals surface area contributed by atoms with E-state index in [9.17, 15) is 4.79 Å². The van der Waals surface area contributed by atoms with Crippen molar-refractivity contribution in [2.24, 2.45) is 0 Å². The number of nitrogens with one attached hydrogen (secondary N) is 1. The molecule has 2 aliphatic heterocycles. The lowest BCUT2D eigenvalue weighted by atomic mass is 9.91. The highest BCUT2D eigenvalue weighted by Gasteiger charge is 2.25. The lowest BCUT2D eigenvalue weighted by Gasteiger charge is -2.34. The van der Waals surface area contributed by atoms with Gasteiger partial charge in [0.15, 0.2) is 0 Å². The second kappa shape index (κ2) is 6.77. The third kappa shape index (κ3) is 3.22. The molecule has 1 N–H and O–H groups in total. The van der Waals surface area contributed by atoms with Gasteiger partial charge in [-0.15, -0.1) is 0 Å². The van der Waals surface area contributed by atoms with E-state index in [2.05, 4.69) is 39.4 Å². The third-order valence-electron chi connectivity index (χ3n) is 5.42. The summed E-state index contributed by atoms with van der Waals surface area (Å²) in [6.45, 7) is 4.15. The van der Waals surface area contributed by atoms with E-state index in [0.29, 0.717) is 12.5 Å². The number of nitrogens with zero attached hydrogens (tertiary/aromatic N) is 3. The standard InChI is InChI=1S/C19H24N4O/c24-19(23-10-7-15-3-1-2-4-17(15)13-23)14-22-8-5-16(6-9-22)18-11-20-21-12-18/h1-4,11-12,16H,5-10,13-14H2,(H,20,21). The predicted octanol–water partition coefficient (Wildman–Crippen LogP) is 2.17. The minimum atomic E-state index is 0.270. The number of rotatable bonds is 3. The lowest BCUT2D eigenvalue weighted by Crippen LogP contribution is -2.44. The summed E-state index contributed by atoms with van der Waals surface area (Å²) >= 11 is 0. The Kier molecular flexibility index (Phi) is 4.34. The molecular weight excluding hydrogens is 300 g/mol. The number of hydrogen-bond acceptors (Lipinski definition) is 3. The number of amides is 1. The molecule has 0 aliphatic carbocycles. The summed E-state index contributed by atoms with van der Waals surface area (Å²) < 4.78 is 0. The van der Waals surface area contributed by atoms with Crippen LogP contribution in [0.1, 0.15) is 35.4 Å². The molecule has 5 nitrogen and oxygen atoms in total. The van der Waals surface area contributed by atoms with Gasteiger partial charge in [0.2, 0.25) is 5.91 Å². The number of H-pyrrole nitrogens is 1. The molecule has 1 amide bonds. The van der Waals surface area contributed by atoms with Crippen LogP contribution in [0.3, 0.4) is 0 Å². The van der Waals surface area contributed by atoms with Crippen molar-refractivity contribution in [2.75, 3.05) is 26.2 Å². The van der Waals surface area contributed by atoms with E-state index in [1.807, 2.05) is 17.3 Å². The summed E-state index contributed by atoms with van der Waals surface area (Å²) in [4.78, 5) is 17.0. The van der Waals surface area contributed by atoms with Crippen molar-refractivity contribution in [3.8, 4) is 0 Å². The average Bonchev–Trinajstić information content (AvgIpc) is 3.16. The Morgan fingerprint density at radius 3 is 2.71 bits per heavy atom. The Morgan fingerprint density at radius 2 is 1.96 bits per heavy atom. The summed E-state index contributed by atoms with van der Waals surface area (Å²) in [6, 6.07) is 8.47. The van der Waals surface area contributed by atoms with Crippen LogP contribution in [0.15, 0.2) is 36.7 Å². The summed E-state index contributed by atoms with van der Waals surface area (Å²) in [5.41, 5.74) is 3.99. The van der Waals surface area contributed by atoms with Crippen molar-refractivity contribution in [3.63, 3.8) is 0 Å². The van der Waals surface area contributed by atoms with Crippen molar-refractivity contribution >= 4 is 5.91 Å². The average molecular weight is 324 g/mol. The molecular formula is C19H24N4O. The summed E-state index contributed by atoms with van der Waals surface area (Å²) in [7, 11) is 0. The normalized spacial score (nSPS) is 19.2. The van der Waals surface area contributed by atoms with Crippen molar-refractivity contribution in [3.05, 3.63) is 53.3 Å². The molecule has 1 aromatic carbocycles. The number of aromatic amines is 1. The van der Waals surface area contributed by atoms with Crippen LogP contribution in [0.2, 0.25) is 0 Å². The predicted molar refractivity (Wildman–Crippen MR) is 92.6 cm³/mol. The van der Waals surface area contributed by atoms with Crippen LogP contribution >= 0.6 is 0 Å². The van der Waals surface area contributed by atoms with Gasteiger partial charge in [0, 0.05) is 19.3 Å². The van der Waals surface area contributed by atoms with Crippen molar-refractivity contribution < 1.29 is 4.79 Å². The highest BCUT2D eigenvalue weighted by Crippen LogP contribution is 2.27. The minimum Gasteiger partial charge on any atom is -0.337 e. The quantitative estimate of drug-likeness (QED) is 0.941.